The van der Waals surface area contributed by atoms with Crippen LogP contribution in [-0.2, 0) is 9.53 Å². The molecule has 14 heavy (non-hydrogen) atoms. The third-order valence-corrected chi connectivity index (χ3v) is 1.57. The van der Waals surface area contributed by atoms with E-state index in [4.69, 9.17) is 5.73 Å². The molecule has 0 saturated carbocycles. The van der Waals surface area contributed by atoms with Gasteiger partial charge in [0.15, 0.2) is 0 Å². The van der Waals surface area contributed by atoms with Gasteiger partial charge in [0.1, 0.15) is 0 Å². The van der Waals surface area contributed by atoms with Gasteiger partial charge in [-0.3, -0.25) is 4.79 Å². The van der Waals surface area contributed by atoms with Crippen molar-refractivity contribution in [2.75, 3.05) is 13.2 Å². The van der Waals surface area contributed by atoms with Crippen molar-refractivity contribution in [1.82, 2.24) is 0 Å². The van der Waals surface area contributed by atoms with Gasteiger partial charge in [-0.2, -0.15) is 0 Å². The standard InChI is InChI=1S/C6H12BF3NO2.K/c1-2-13-6(12)3-5(4-11)7(8,9)10;/h5H,2-4,11H2,1H3;/q-1;+1. The minimum Gasteiger partial charge on any atom is -0.466 e. The van der Waals surface area contributed by atoms with Crippen LogP contribution in [0.4, 0.5) is 12.9 Å². The van der Waals surface area contributed by atoms with Crippen molar-refractivity contribution in [2.45, 2.75) is 19.2 Å². The Morgan fingerprint density at radius 3 is 2.29 bits per heavy atom. The van der Waals surface area contributed by atoms with E-state index in [0.29, 0.717) is 0 Å². The predicted molar refractivity (Wildman–Crippen MR) is 43.1 cm³/mol. The average Bonchev–Trinajstić information content (AvgIpc) is 1.98. The van der Waals surface area contributed by atoms with Crippen molar-refractivity contribution >= 4 is 12.9 Å². The molecule has 0 aliphatic heterocycles. The van der Waals surface area contributed by atoms with Crippen LogP contribution in [0.25, 0.3) is 0 Å². The molecule has 0 fully saturated rings. The van der Waals surface area contributed by atoms with Crippen molar-refractivity contribution in [1.29, 1.82) is 0 Å². The van der Waals surface area contributed by atoms with E-state index >= 15 is 0 Å². The summed E-state index contributed by atoms with van der Waals surface area (Å²) in [6.45, 7) is -3.99. The first-order valence-corrected chi connectivity index (χ1v) is 3.97. The second-order valence-corrected chi connectivity index (χ2v) is 2.63. The Morgan fingerprint density at radius 1 is 1.50 bits per heavy atom. The normalized spacial score (nSPS) is 12.9. The summed E-state index contributed by atoms with van der Waals surface area (Å²) in [7, 11) is 0. The Bertz CT molecular complexity index is 179. The van der Waals surface area contributed by atoms with Gasteiger partial charge in [-0.05, 0) is 13.5 Å². The summed E-state index contributed by atoms with van der Waals surface area (Å²) in [5.74, 6) is -2.59. The quantitative estimate of drug-likeness (QED) is 0.449. The topological polar surface area (TPSA) is 52.3 Å². The molecule has 0 aromatic rings. The van der Waals surface area contributed by atoms with Crippen LogP contribution in [0.5, 0.6) is 0 Å². The Labute approximate surface area is 123 Å². The number of nitrogens with two attached hydrogens (primary N) is 1. The van der Waals surface area contributed by atoms with Crippen molar-refractivity contribution in [2.24, 2.45) is 5.73 Å². The van der Waals surface area contributed by atoms with Crippen LogP contribution in [0, 0.1) is 0 Å². The monoisotopic (exact) mass is 237 g/mol. The van der Waals surface area contributed by atoms with E-state index in [1.165, 1.54) is 6.92 Å². The molecule has 0 rings (SSSR count). The smallest absolute Gasteiger partial charge is 0.466 e. The molecule has 2 N–H and O–H groups in total. The Hall–Kier alpha value is 0.921. The number of halogens is 3. The molecule has 8 heteroatoms. The molecular weight excluding hydrogens is 225 g/mol. The Morgan fingerprint density at radius 2 is 2.00 bits per heavy atom. The summed E-state index contributed by atoms with van der Waals surface area (Å²) in [6, 6.07) is 0. The largest absolute Gasteiger partial charge is 1.00 e. The summed E-state index contributed by atoms with van der Waals surface area (Å²) in [5, 5.41) is 0. The molecule has 0 spiro atoms. The van der Waals surface area contributed by atoms with Gasteiger partial charge in [0.25, 0.3) is 0 Å². The van der Waals surface area contributed by atoms with E-state index in [1.807, 2.05) is 0 Å². The summed E-state index contributed by atoms with van der Waals surface area (Å²) < 4.78 is 40.7. The van der Waals surface area contributed by atoms with Crippen LogP contribution >= 0.6 is 0 Å². The van der Waals surface area contributed by atoms with Crippen molar-refractivity contribution in [3.05, 3.63) is 0 Å². The third kappa shape index (κ3) is 7.24. The fourth-order valence-electron chi connectivity index (χ4n) is 0.805. The average molecular weight is 237 g/mol. The van der Waals surface area contributed by atoms with Crippen molar-refractivity contribution in [3.63, 3.8) is 0 Å². The number of ether oxygens (including phenoxy) is 1. The van der Waals surface area contributed by atoms with Crippen LogP contribution in [-0.4, -0.2) is 26.1 Å². The van der Waals surface area contributed by atoms with Crippen LogP contribution < -0.4 is 57.1 Å². The molecule has 0 radical (unpaired) electrons. The molecule has 0 bridgehead atoms. The first-order valence-electron chi connectivity index (χ1n) is 3.97. The van der Waals surface area contributed by atoms with Crippen LogP contribution in [0.2, 0.25) is 5.82 Å². The Balaban J connectivity index is 0. The fourth-order valence-corrected chi connectivity index (χ4v) is 0.805. The van der Waals surface area contributed by atoms with Gasteiger partial charge in [0, 0.05) is 6.42 Å². The predicted octanol–water partition coefficient (Wildman–Crippen LogP) is -1.88. The van der Waals surface area contributed by atoms with Gasteiger partial charge in [0.05, 0.1) is 6.61 Å². The summed E-state index contributed by atoms with van der Waals surface area (Å²) in [4.78, 5) is 10.7. The number of carbonyl (C=O) groups excluding carboxylic acids is 1. The molecule has 0 heterocycles. The summed E-state index contributed by atoms with van der Waals surface area (Å²) >= 11 is 0. The number of esters is 1. The molecular formula is C6H12BF3KNO2. The van der Waals surface area contributed by atoms with Gasteiger partial charge in [-0.15, -0.1) is 0 Å². The van der Waals surface area contributed by atoms with E-state index in [2.05, 4.69) is 4.74 Å². The zero-order chi connectivity index (χ0) is 10.5. The fraction of sp³-hybridized carbons (Fsp3) is 0.833. The van der Waals surface area contributed by atoms with E-state index in [0.717, 1.165) is 0 Å². The molecule has 0 amide bonds. The zero-order valence-corrected chi connectivity index (χ0v) is 11.4. The van der Waals surface area contributed by atoms with Gasteiger partial charge < -0.3 is 23.4 Å². The number of hydrogen-bond acceptors (Lipinski definition) is 3. The summed E-state index contributed by atoms with van der Waals surface area (Å²) in [6.07, 6.45) is -0.673. The molecule has 78 valence electrons. The van der Waals surface area contributed by atoms with Crippen LogP contribution in [0.3, 0.4) is 0 Å². The van der Waals surface area contributed by atoms with E-state index < -0.39 is 31.7 Å². The number of carbonyl (C=O) groups is 1. The van der Waals surface area contributed by atoms with Crippen LogP contribution in [0.1, 0.15) is 13.3 Å². The van der Waals surface area contributed by atoms with E-state index in [9.17, 15) is 17.7 Å². The van der Waals surface area contributed by atoms with Crippen molar-refractivity contribution < 1.29 is 73.9 Å². The minimum atomic E-state index is -5.05. The number of hydrogen-bond donors (Lipinski definition) is 1. The molecule has 0 aromatic heterocycles. The van der Waals surface area contributed by atoms with Gasteiger partial charge >= 0.3 is 64.3 Å². The maximum atomic E-state index is 12.1. The maximum absolute atomic E-state index is 12.1. The van der Waals surface area contributed by atoms with Gasteiger partial charge in [-0.25, -0.2) is 0 Å². The molecule has 1 atom stereocenters. The van der Waals surface area contributed by atoms with E-state index in [1.54, 1.807) is 0 Å². The first-order chi connectivity index (χ1) is 5.91. The minimum absolute atomic E-state index is 0. The molecule has 0 aromatic carbocycles. The maximum Gasteiger partial charge on any atom is 1.00 e. The number of rotatable bonds is 5. The van der Waals surface area contributed by atoms with Crippen LogP contribution in [0.15, 0.2) is 0 Å². The molecule has 0 aliphatic carbocycles. The van der Waals surface area contributed by atoms with Gasteiger partial charge in [0.2, 0.25) is 0 Å². The van der Waals surface area contributed by atoms with Gasteiger partial charge in [-0.1, -0.05) is 5.82 Å². The second kappa shape index (κ2) is 8.12. The molecule has 0 aliphatic rings. The molecule has 1 unspecified atom stereocenters. The Kier molecular flexibility index (Phi) is 10.0. The SMILES string of the molecule is CCOC(=O)CC(CN)[B-](F)(F)F.[K+]. The first kappa shape index (κ1) is 17.3. The van der Waals surface area contributed by atoms with Crippen molar-refractivity contribution in [3.8, 4) is 0 Å². The third-order valence-electron chi connectivity index (χ3n) is 1.57. The second-order valence-electron chi connectivity index (χ2n) is 2.63. The van der Waals surface area contributed by atoms with E-state index in [-0.39, 0.29) is 58.0 Å². The molecule has 3 nitrogen and oxygen atoms in total. The molecule has 0 saturated heterocycles. The zero-order valence-electron chi connectivity index (χ0n) is 8.30. The summed E-state index contributed by atoms with van der Waals surface area (Å²) in [5.41, 5.74) is 4.89.